The number of rotatable bonds is 11. The van der Waals surface area contributed by atoms with Gasteiger partial charge >= 0.3 is 0 Å². The van der Waals surface area contributed by atoms with Gasteiger partial charge in [-0.2, -0.15) is 0 Å². The van der Waals surface area contributed by atoms with Gasteiger partial charge in [0, 0.05) is 12.1 Å². The van der Waals surface area contributed by atoms with Crippen molar-refractivity contribution in [3.05, 3.63) is 54.1 Å². The van der Waals surface area contributed by atoms with Gasteiger partial charge in [-0.25, -0.2) is 0 Å². The third-order valence-corrected chi connectivity index (χ3v) is 3.99. The highest BCUT2D eigenvalue weighted by Crippen LogP contribution is 2.17. The highest BCUT2D eigenvalue weighted by Gasteiger charge is 2.03. The summed E-state index contributed by atoms with van der Waals surface area (Å²) in [6.45, 7) is 5.48. The highest BCUT2D eigenvalue weighted by molar-refractivity contribution is 5.90. The number of carbonyl (C=O) groups is 1. The molecular formula is C22H29NO3. The molecular weight excluding hydrogens is 326 g/mol. The zero-order valence-electron chi connectivity index (χ0n) is 15.8. The molecule has 0 aromatic heterocycles. The molecule has 0 unspecified atom stereocenters. The van der Waals surface area contributed by atoms with E-state index in [1.165, 1.54) is 18.4 Å². The van der Waals surface area contributed by atoms with Crippen LogP contribution in [0.15, 0.2) is 48.5 Å². The van der Waals surface area contributed by atoms with E-state index in [9.17, 15) is 4.79 Å². The maximum Gasteiger partial charge on any atom is 0.224 e. The smallest absolute Gasteiger partial charge is 0.224 e. The summed E-state index contributed by atoms with van der Waals surface area (Å²) in [7, 11) is 0. The van der Waals surface area contributed by atoms with Crippen LogP contribution in [-0.4, -0.2) is 19.1 Å². The molecule has 2 aromatic rings. The number of nitrogens with one attached hydrogen (secondary N) is 1. The molecule has 0 atom stereocenters. The number of carbonyl (C=O) groups excluding carboxylic acids is 1. The fraction of sp³-hybridized carbons (Fsp3) is 0.409. The first-order chi connectivity index (χ1) is 12.7. The third kappa shape index (κ3) is 7.60. The second-order valence-electron chi connectivity index (χ2n) is 6.39. The monoisotopic (exact) mass is 355 g/mol. The Hall–Kier alpha value is -2.49. The van der Waals surface area contributed by atoms with Gasteiger partial charge in [0.2, 0.25) is 5.91 Å². The molecule has 4 heteroatoms. The number of hydrogen-bond donors (Lipinski definition) is 1. The van der Waals surface area contributed by atoms with Gasteiger partial charge in [-0.05, 0) is 56.2 Å². The van der Waals surface area contributed by atoms with E-state index >= 15 is 0 Å². The van der Waals surface area contributed by atoms with Crippen molar-refractivity contribution >= 4 is 11.6 Å². The van der Waals surface area contributed by atoms with E-state index in [0.717, 1.165) is 30.2 Å². The molecule has 0 saturated carbocycles. The molecule has 0 aliphatic rings. The van der Waals surface area contributed by atoms with E-state index < -0.39 is 0 Å². The molecule has 2 aromatic carbocycles. The van der Waals surface area contributed by atoms with Crippen LogP contribution >= 0.6 is 0 Å². The van der Waals surface area contributed by atoms with Gasteiger partial charge in [0.15, 0.2) is 0 Å². The zero-order chi connectivity index (χ0) is 18.6. The van der Waals surface area contributed by atoms with Crippen molar-refractivity contribution in [3.8, 4) is 11.5 Å². The van der Waals surface area contributed by atoms with Gasteiger partial charge in [-0.15, -0.1) is 0 Å². The van der Waals surface area contributed by atoms with Crippen LogP contribution in [0.4, 0.5) is 5.69 Å². The molecule has 0 fully saturated rings. The van der Waals surface area contributed by atoms with Crippen LogP contribution in [0.3, 0.4) is 0 Å². The Morgan fingerprint density at radius 3 is 2.04 bits per heavy atom. The number of hydrogen-bond acceptors (Lipinski definition) is 3. The van der Waals surface area contributed by atoms with Crippen LogP contribution in [0, 0.1) is 6.92 Å². The van der Waals surface area contributed by atoms with Crippen LogP contribution in [0.2, 0.25) is 0 Å². The summed E-state index contributed by atoms with van der Waals surface area (Å²) in [5.74, 6) is 1.67. The Morgan fingerprint density at radius 1 is 0.846 bits per heavy atom. The SMILES string of the molecule is CCCCCOc1ccc(NC(=O)CCCOc2ccc(C)cc2)cc1. The molecule has 0 aliphatic heterocycles. The van der Waals surface area contributed by atoms with E-state index in [-0.39, 0.29) is 5.91 Å². The quantitative estimate of drug-likeness (QED) is 0.552. The lowest BCUT2D eigenvalue weighted by molar-refractivity contribution is -0.116. The molecule has 0 spiro atoms. The van der Waals surface area contributed by atoms with E-state index in [1.807, 2.05) is 55.5 Å². The Kier molecular flexibility index (Phi) is 8.53. The van der Waals surface area contributed by atoms with Crippen molar-refractivity contribution in [3.63, 3.8) is 0 Å². The standard InChI is InChI=1S/C22H29NO3/c1-3-4-5-16-25-21-14-10-19(11-15-21)23-22(24)7-6-17-26-20-12-8-18(2)9-13-20/h8-15H,3-7,16-17H2,1-2H3,(H,23,24). The van der Waals surface area contributed by atoms with Crippen molar-refractivity contribution < 1.29 is 14.3 Å². The summed E-state index contributed by atoms with van der Waals surface area (Å²) in [4.78, 5) is 12.0. The first kappa shape index (κ1) is 19.8. The first-order valence-electron chi connectivity index (χ1n) is 9.39. The topological polar surface area (TPSA) is 47.6 Å². The summed E-state index contributed by atoms with van der Waals surface area (Å²) in [5.41, 5.74) is 1.99. The predicted octanol–water partition coefficient (Wildman–Crippen LogP) is 5.36. The summed E-state index contributed by atoms with van der Waals surface area (Å²) in [6.07, 6.45) is 4.55. The number of ether oxygens (including phenoxy) is 2. The average molecular weight is 355 g/mol. The minimum atomic E-state index is -0.00544. The van der Waals surface area contributed by atoms with Gasteiger partial charge in [0.05, 0.1) is 13.2 Å². The van der Waals surface area contributed by atoms with Crippen LogP contribution in [0.25, 0.3) is 0 Å². The van der Waals surface area contributed by atoms with Gasteiger partial charge in [0.25, 0.3) is 0 Å². The van der Waals surface area contributed by atoms with E-state index in [4.69, 9.17) is 9.47 Å². The zero-order valence-corrected chi connectivity index (χ0v) is 15.8. The molecule has 0 bridgehead atoms. The van der Waals surface area contributed by atoms with Crippen molar-refractivity contribution in [1.82, 2.24) is 0 Å². The Bertz CT molecular complexity index is 650. The summed E-state index contributed by atoms with van der Waals surface area (Å²) >= 11 is 0. The Balaban J connectivity index is 1.63. The normalized spacial score (nSPS) is 10.4. The van der Waals surface area contributed by atoms with E-state index in [1.54, 1.807) is 0 Å². The van der Waals surface area contributed by atoms with Crippen molar-refractivity contribution in [1.29, 1.82) is 0 Å². The van der Waals surface area contributed by atoms with Gasteiger partial charge in [-0.1, -0.05) is 37.5 Å². The molecule has 1 N–H and O–H groups in total. The second kappa shape index (κ2) is 11.2. The van der Waals surface area contributed by atoms with Crippen molar-refractivity contribution in [2.75, 3.05) is 18.5 Å². The number of benzene rings is 2. The van der Waals surface area contributed by atoms with Crippen molar-refractivity contribution in [2.45, 2.75) is 46.0 Å². The molecule has 0 aliphatic carbocycles. The average Bonchev–Trinajstić information content (AvgIpc) is 2.65. The van der Waals surface area contributed by atoms with Crippen LogP contribution in [0.5, 0.6) is 11.5 Å². The lowest BCUT2D eigenvalue weighted by atomic mass is 10.2. The van der Waals surface area contributed by atoms with Crippen molar-refractivity contribution in [2.24, 2.45) is 0 Å². The Morgan fingerprint density at radius 2 is 1.42 bits per heavy atom. The highest BCUT2D eigenvalue weighted by atomic mass is 16.5. The third-order valence-electron chi connectivity index (χ3n) is 3.99. The van der Waals surface area contributed by atoms with Crippen LogP contribution < -0.4 is 14.8 Å². The maximum absolute atomic E-state index is 12.0. The molecule has 0 saturated heterocycles. The fourth-order valence-electron chi connectivity index (χ4n) is 2.46. The lowest BCUT2D eigenvalue weighted by Gasteiger charge is -2.09. The van der Waals surface area contributed by atoms with E-state index in [2.05, 4.69) is 12.2 Å². The minimum Gasteiger partial charge on any atom is -0.494 e. The molecule has 2 rings (SSSR count). The summed E-state index contributed by atoms with van der Waals surface area (Å²) in [5, 5.41) is 2.90. The van der Waals surface area contributed by atoms with Gasteiger partial charge in [0.1, 0.15) is 11.5 Å². The number of aryl methyl sites for hydroxylation is 1. The molecule has 1 amide bonds. The molecule has 26 heavy (non-hydrogen) atoms. The molecule has 140 valence electrons. The summed E-state index contributed by atoms with van der Waals surface area (Å²) < 4.78 is 11.3. The molecule has 4 nitrogen and oxygen atoms in total. The fourth-order valence-corrected chi connectivity index (χ4v) is 2.46. The van der Waals surface area contributed by atoms with Gasteiger partial charge < -0.3 is 14.8 Å². The predicted molar refractivity (Wildman–Crippen MR) is 106 cm³/mol. The number of unbranched alkanes of at least 4 members (excludes halogenated alkanes) is 2. The lowest BCUT2D eigenvalue weighted by Crippen LogP contribution is -2.12. The second-order valence-corrected chi connectivity index (χ2v) is 6.39. The van der Waals surface area contributed by atoms with Crippen LogP contribution in [-0.2, 0) is 4.79 Å². The molecule has 0 radical (unpaired) electrons. The summed E-state index contributed by atoms with van der Waals surface area (Å²) in [6, 6.07) is 15.4. The minimum absolute atomic E-state index is 0.00544. The first-order valence-corrected chi connectivity index (χ1v) is 9.39. The largest absolute Gasteiger partial charge is 0.494 e. The van der Waals surface area contributed by atoms with Gasteiger partial charge in [-0.3, -0.25) is 4.79 Å². The number of amides is 1. The maximum atomic E-state index is 12.0. The number of anilines is 1. The van der Waals surface area contributed by atoms with E-state index in [0.29, 0.717) is 19.4 Å². The Labute approximate surface area is 156 Å². The molecule has 0 heterocycles. The van der Waals surface area contributed by atoms with Crippen LogP contribution in [0.1, 0.15) is 44.6 Å².